The fraction of sp³-hybridized carbons (Fsp3) is 0.579. The number of hydrogen-bond acceptors (Lipinski definition) is 4. The van der Waals surface area contributed by atoms with Crippen LogP contribution in [0.5, 0.6) is 0 Å². The van der Waals surface area contributed by atoms with Gasteiger partial charge in [0, 0.05) is 24.2 Å². The van der Waals surface area contributed by atoms with Crippen LogP contribution in [-0.2, 0) is 9.53 Å². The van der Waals surface area contributed by atoms with Crippen molar-refractivity contribution >= 4 is 11.9 Å². The Labute approximate surface area is 143 Å². The molecule has 0 radical (unpaired) electrons. The summed E-state index contributed by atoms with van der Waals surface area (Å²) in [5, 5.41) is 6.59. The number of hydrogen-bond donors (Lipinski definition) is 2. The van der Waals surface area contributed by atoms with Crippen molar-refractivity contribution < 1.29 is 14.3 Å². The lowest BCUT2D eigenvalue weighted by atomic mass is 9.57. The molecule has 0 saturated heterocycles. The maximum Gasteiger partial charge on any atom is 0.311 e. The van der Waals surface area contributed by atoms with E-state index in [1.807, 2.05) is 30.3 Å². The zero-order chi connectivity index (χ0) is 17.0. The van der Waals surface area contributed by atoms with Crippen LogP contribution in [0.1, 0.15) is 48.9 Å². The van der Waals surface area contributed by atoms with Crippen molar-refractivity contribution in [3.8, 4) is 0 Å². The molecule has 3 aliphatic rings. The fourth-order valence-electron chi connectivity index (χ4n) is 4.17. The summed E-state index contributed by atoms with van der Waals surface area (Å²) in [6.45, 7) is 1.36. The van der Waals surface area contributed by atoms with Gasteiger partial charge in [0.2, 0.25) is 0 Å². The van der Waals surface area contributed by atoms with Crippen LogP contribution in [0.2, 0.25) is 0 Å². The van der Waals surface area contributed by atoms with Crippen LogP contribution in [-0.4, -0.2) is 37.6 Å². The number of fused-ring (bicyclic) bond motifs is 3. The molecule has 1 aromatic carbocycles. The Bertz CT molecular complexity index is 575. The second-order valence-corrected chi connectivity index (χ2v) is 7.10. The van der Waals surface area contributed by atoms with Crippen LogP contribution in [0, 0.1) is 5.41 Å². The van der Waals surface area contributed by atoms with Crippen molar-refractivity contribution in [3.05, 3.63) is 35.9 Å². The zero-order valence-electron chi connectivity index (χ0n) is 14.3. The average Bonchev–Trinajstić information content (AvgIpc) is 2.66. The zero-order valence-corrected chi connectivity index (χ0v) is 14.3. The highest BCUT2D eigenvalue weighted by molar-refractivity contribution is 5.94. The molecule has 3 aliphatic carbocycles. The Morgan fingerprint density at radius 2 is 1.62 bits per heavy atom. The quantitative estimate of drug-likeness (QED) is 0.620. The Hall–Kier alpha value is -1.88. The van der Waals surface area contributed by atoms with E-state index in [0.29, 0.717) is 12.1 Å². The van der Waals surface area contributed by atoms with E-state index >= 15 is 0 Å². The second kappa shape index (κ2) is 6.93. The number of carbonyl (C=O) groups excluding carboxylic acids is 2. The Balaban J connectivity index is 1.44. The van der Waals surface area contributed by atoms with Gasteiger partial charge in [0.25, 0.3) is 5.91 Å². The number of amides is 1. The van der Waals surface area contributed by atoms with E-state index in [1.165, 1.54) is 7.11 Å². The largest absolute Gasteiger partial charge is 0.469 e. The first-order valence-electron chi connectivity index (χ1n) is 8.76. The molecule has 5 nitrogen and oxygen atoms in total. The van der Waals surface area contributed by atoms with Crippen LogP contribution >= 0.6 is 0 Å². The molecular weight excluding hydrogens is 304 g/mol. The summed E-state index contributed by atoms with van der Waals surface area (Å²) >= 11 is 0. The first-order valence-corrected chi connectivity index (χ1v) is 8.76. The molecule has 5 heteroatoms. The van der Waals surface area contributed by atoms with Gasteiger partial charge < -0.3 is 15.4 Å². The molecule has 24 heavy (non-hydrogen) atoms. The third-order valence-electron chi connectivity index (χ3n) is 5.81. The van der Waals surface area contributed by atoms with Crippen LogP contribution in [0.15, 0.2) is 30.3 Å². The van der Waals surface area contributed by atoms with Crippen molar-refractivity contribution in [3.63, 3.8) is 0 Å². The van der Waals surface area contributed by atoms with Crippen molar-refractivity contribution in [1.82, 2.24) is 10.6 Å². The van der Waals surface area contributed by atoms with E-state index in [-0.39, 0.29) is 22.8 Å². The Morgan fingerprint density at radius 3 is 2.21 bits per heavy atom. The first kappa shape index (κ1) is 17.0. The molecule has 0 atom stereocenters. The summed E-state index contributed by atoms with van der Waals surface area (Å²) in [5.74, 6) is -0.0715. The lowest BCUT2D eigenvalue weighted by Gasteiger charge is -2.52. The predicted octanol–water partition coefficient (Wildman–Crippen LogP) is 2.27. The van der Waals surface area contributed by atoms with Crippen LogP contribution in [0.25, 0.3) is 0 Å². The number of benzene rings is 1. The van der Waals surface area contributed by atoms with Gasteiger partial charge in [-0.05, 0) is 50.7 Å². The van der Waals surface area contributed by atoms with Crippen molar-refractivity contribution in [2.45, 2.75) is 44.1 Å². The molecule has 0 spiro atoms. The molecule has 4 rings (SSSR count). The van der Waals surface area contributed by atoms with Crippen molar-refractivity contribution in [1.29, 1.82) is 0 Å². The number of ether oxygens (including phenoxy) is 1. The van der Waals surface area contributed by atoms with Gasteiger partial charge in [0.1, 0.15) is 0 Å². The summed E-state index contributed by atoms with van der Waals surface area (Å²) in [4.78, 5) is 24.0. The summed E-state index contributed by atoms with van der Waals surface area (Å²) in [5.41, 5.74) is 0.585. The molecule has 3 fully saturated rings. The molecule has 1 amide bonds. The molecule has 0 unspecified atom stereocenters. The minimum Gasteiger partial charge on any atom is -0.469 e. The lowest BCUT2D eigenvalue weighted by molar-refractivity contribution is -0.160. The van der Waals surface area contributed by atoms with Crippen molar-refractivity contribution in [2.24, 2.45) is 5.41 Å². The molecule has 0 aromatic heterocycles. The molecular formula is C19H26N2O3. The summed E-state index contributed by atoms with van der Waals surface area (Å²) in [6.07, 6.45) is 5.74. The first-order chi connectivity index (χ1) is 11.6. The van der Waals surface area contributed by atoms with Gasteiger partial charge in [-0.15, -0.1) is 0 Å². The molecule has 130 valence electrons. The minimum absolute atomic E-state index is 0.0353. The van der Waals surface area contributed by atoms with E-state index in [4.69, 9.17) is 4.74 Å². The maximum atomic E-state index is 12.0. The molecule has 0 heterocycles. The van der Waals surface area contributed by atoms with Crippen molar-refractivity contribution in [2.75, 3.05) is 20.2 Å². The number of esters is 1. The minimum atomic E-state index is -0.236. The topological polar surface area (TPSA) is 67.4 Å². The molecule has 3 saturated carbocycles. The summed E-state index contributed by atoms with van der Waals surface area (Å²) in [7, 11) is 1.49. The third-order valence-corrected chi connectivity index (χ3v) is 5.81. The van der Waals surface area contributed by atoms with E-state index in [1.54, 1.807) is 0 Å². The molecule has 0 aliphatic heterocycles. The third kappa shape index (κ3) is 3.31. The summed E-state index contributed by atoms with van der Waals surface area (Å²) in [6, 6.07) is 9.26. The molecule has 2 N–H and O–H groups in total. The molecule has 1 aromatic rings. The number of nitrogens with one attached hydrogen (secondary N) is 2. The Kier molecular flexibility index (Phi) is 4.90. The van der Waals surface area contributed by atoms with Gasteiger partial charge in [-0.3, -0.25) is 9.59 Å². The highest BCUT2D eigenvalue weighted by Gasteiger charge is 2.52. The average molecular weight is 330 g/mol. The van der Waals surface area contributed by atoms with E-state index < -0.39 is 0 Å². The summed E-state index contributed by atoms with van der Waals surface area (Å²) < 4.78 is 5.00. The number of rotatable bonds is 6. The van der Waals surface area contributed by atoms with Gasteiger partial charge in [0.15, 0.2) is 0 Å². The van der Waals surface area contributed by atoms with Crippen LogP contribution in [0.4, 0.5) is 0 Å². The SMILES string of the molecule is COC(=O)C12CCC(NCCNC(=O)c3ccccc3)(CC1)CC2. The highest BCUT2D eigenvalue weighted by atomic mass is 16.5. The molecule has 2 bridgehead atoms. The Morgan fingerprint density at radius 1 is 1.00 bits per heavy atom. The normalized spacial score (nSPS) is 28.4. The maximum absolute atomic E-state index is 12.0. The fourth-order valence-corrected chi connectivity index (χ4v) is 4.17. The van der Waals surface area contributed by atoms with E-state index in [9.17, 15) is 9.59 Å². The smallest absolute Gasteiger partial charge is 0.311 e. The van der Waals surface area contributed by atoms with Crippen LogP contribution in [0.3, 0.4) is 0 Å². The van der Waals surface area contributed by atoms with Gasteiger partial charge in [-0.2, -0.15) is 0 Å². The van der Waals surface area contributed by atoms with Gasteiger partial charge >= 0.3 is 5.97 Å². The standard InChI is InChI=1S/C19H26N2O3/c1-24-17(23)18-7-10-19(11-8-18,12-9-18)21-14-13-20-16(22)15-5-3-2-4-6-15/h2-6,21H,7-14H2,1H3,(H,20,22). The van der Waals surface area contributed by atoms with Gasteiger partial charge in [-0.25, -0.2) is 0 Å². The number of methoxy groups -OCH3 is 1. The highest BCUT2D eigenvalue weighted by Crippen LogP contribution is 2.52. The van der Waals surface area contributed by atoms with Gasteiger partial charge in [0.05, 0.1) is 12.5 Å². The van der Waals surface area contributed by atoms with E-state index in [2.05, 4.69) is 10.6 Å². The lowest BCUT2D eigenvalue weighted by Crippen LogP contribution is -2.57. The predicted molar refractivity (Wildman–Crippen MR) is 91.7 cm³/mol. The monoisotopic (exact) mass is 330 g/mol. The van der Waals surface area contributed by atoms with E-state index in [0.717, 1.165) is 45.1 Å². The van der Waals surface area contributed by atoms with Crippen LogP contribution < -0.4 is 10.6 Å². The number of carbonyl (C=O) groups is 2. The van der Waals surface area contributed by atoms with Gasteiger partial charge in [-0.1, -0.05) is 18.2 Å². The second-order valence-electron chi connectivity index (χ2n) is 7.10.